The van der Waals surface area contributed by atoms with Crippen LogP contribution in [0, 0.1) is 0 Å². The van der Waals surface area contributed by atoms with Crippen molar-refractivity contribution in [2.45, 2.75) is 19.4 Å². The summed E-state index contributed by atoms with van der Waals surface area (Å²) >= 11 is 0. The Morgan fingerprint density at radius 3 is 2.93 bits per heavy atom. The summed E-state index contributed by atoms with van der Waals surface area (Å²) in [5.41, 5.74) is 4.11. The molecule has 3 aliphatic heterocycles. The third-order valence-electron chi connectivity index (χ3n) is 5.57. The average Bonchev–Trinajstić information content (AvgIpc) is 3.16. The highest BCUT2D eigenvalue weighted by molar-refractivity contribution is 5.96. The fourth-order valence-corrected chi connectivity index (χ4v) is 4.00. The fraction of sp³-hybridized carbons (Fsp3) is 0.450. The second kappa shape index (κ2) is 6.81. The van der Waals surface area contributed by atoms with Crippen molar-refractivity contribution in [3.8, 4) is 5.75 Å². The van der Waals surface area contributed by atoms with Crippen molar-refractivity contribution >= 4 is 11.9 Å². The number of ether oxygens (including phenoxy) is 1. The van der Waals surface area contributed by atoms with Crippen LogP contribution in [0.4, 0.5) is 5.95 Å². The van der Waals surface area contributed by atoms with Gasteiger partial charge in [0.2, 0.25) is 5.95 Å². The molecule has 0 unspecified atom stereocenters. The fourth-order valence-electron chi connectivity index (χ4n) is 4.00. The normalized spacial score (nSPS) is 19.3. The van der Waals surface area contributed by atoms with Gasteiger partial charge in [-0.1, -0.05) is 12.1 Å². The molecular formula is C20H23N5O2. The molecule has 0 saturated carbocycles. The molecule has 27 heavy (non-hydrogen) atoms. The molecule has 1 amide bonds. The maximum atomic E-state index is 11.8. The number of hydrogen-bond donors (Lipinski definition) is 1. The van der Waals surface area contributed by atoms with E-state index in [1.54, 1.807) is 6.20 Å². The standard InChI is InChI=1S/C20H23N5O2/c26-19-16-12-22-20(23-17(16)3-5-21-19)25-8-6-24(7-9-25)13-14-1-2-15-4-10-27-18(15)11-14/h1-2,11-12H,3-10,13H2,(H,21,26). The number of piperazine rings is 1. The van der Waals surface area contributed by atoms with Crippen molar-refractivity contribution in [3.05, 3.63) is 46.8 Å². The van der Waals surface area contributed by atoms with Crippen LogP contribution in [0.5, 0.6) is 5.75 Å². The average molecular weight is 365 g/mol. The molecule has 140 valence electrons. The molecule has 5 rings (SSSR count). The van der Waals surface area contributed by atoms with Crippen molar-refractivity contribution < 1.29 is 9.53 Å². The van der Waals surface area contributed by atoms with Gasteiger partial charge in [0.25, 0.3) is 5.91 Å². The maximum absolute atomic E-state index is 11.8. The summed E-state index contributed by atoms with van der Waals surface area (Å²) in [4.78, 5) is 25.6. The van der Waals surface area contributed by atoms with E-state index in [1.807, 2.05) is 0 Å². The zero-order chi connectivity index (χ0) is 18.2. The van der Waals surface area contributed by atoms with Crippen molar-refractivity contribution in [1.82, 2.24) is 20.2 Å². The molecule has 0 radical (unpaired) electrons. The zero-order valence-electron chi connectivity index (χ0n) is 15.3. The Hall–Kier alpha value is -2.67. The summed E-state index contributed by atoms with van der Waals surface area (Å²) in [7, 11) is 0. The van der Waals surface area contributed by atoms with E-state index in [-0.39, 0.29) is 5.91 Å². The molecule has 0 aliphatic carbocycles. The van der Waals surface area contributed by atoms with E-state index in [9.17, 15) is 4.79 Å². The molecule has 1 saturated heterocycles. The lowest BCUT2D eigenvalue weighted by Crippen LogP contribution is -2.46. The minimum absolute atomic E-state index is 0.0639. The third-order valence-corrected chi connectivity index (χ3v) is 5.57. The van der Waals surface area contributed by atoms with E-state index < -0.39 is 0 Å². The van der Waals surface area contributed by atoms with Crippen LogP contribution in [0.25, 0.3) is 0 Å². The van der Waals surface area contributed by atoms with E-state index >= 15 is 0 Å². The Bertz CT molecular complexity index is 877. The summed E-state index contributed by atoms with van der Waals surface area (Å²) in [6, 6.07) is 6.61. The third kappa shape index (κ3) is 3.23. The van der Waals surface area contributed by atoms with Gasteiger partial charge in [-0.25, -0.2) is 9.97 Å². The number of anilines is 1. The number of aromatic nitrogens is 2. The molecule has 7 heteroatoms. The minimum Gasteiger partial charge on any atom is -0.493 e. The van der Waals surface area contributed by atoms with Gasteiger partial charge in [0.05, 0.1) is 17.9 Å². The molecule has 0 atom stereocenters. The number of fused-ring (bicyclic) bond motifs is 2. The van der Waals surface area contributed by atoms with Gasteiger partial charge in [0.1, 0.15) is 5.75 Å². The van der Waals surface area contributed by atoms with E-state index in [1.165, 1.54) is 11.1 Å². The molecule has 7 nitrogen and oxygen atoms in total. The lowest BCUT2D eigenvalue weighted by atomic mass is 10.1. The first-order chi connectivity index (χ1) is 13.3. The molecule has 1 aromatic carbocycles. The van der Waals surface area contributed by atoms with Crippen molar-refractivity contribution in [1.29, 1.82) is 0 Å². The zero-order valence-corrected chi connectivity index (χ0v) is 15.3. The Morgan fingerprint density at radius 1 is 1.15 bits per heavy atom. The molecule has 2 aromatic rings. The van der Waals surface area contributed by atoms with Crippen molar-refractivity contribution in [2.75, 3.05) is 44.2 Å². The summed E-state index contributed by atoms with van der Waals surface area (Å²) in [6.45, 7) is 6.13. The van der Waals surface area contributed by atoms with Crippen molar-refractivity contribution in [3.63, 3.8) is 0 Å². The SMILES string of the molecule is O=C1NCCc2nc(N3CCN(Cc4ccc5c(c4)OCC5)CC3)ncc21. The molecule has 3 aliphatic rings. The van der Waals surface area contributed by atoms with Gasteiger partial charge in [-0.15, -0.1) is 0 Å². The number of amides is 1. The highest BCUT2D eigenvalue weighted by Gasteiger charge is 2.23. The first kappa shape index (κ1) is 16.5. The Labute approximate surface area is 158 Å². The van der Waals surface area contributed by atoms with Crippen LogP contribution in [0.3, 0.4) is 0 Å². The second-order valence-corrected chi connectivity index (χ2v) is 7.34. The van der Waals surface area contributed by atoms with Crippen LogP contribution in [-0.4, -0.2) is 60.1 Å². The summed E-state index contributed by atoms with van der Waals surface area (Å²) in [5.74, 6) is 1.73. The van der Waals surface area contributed by atoms with Crippen LogP contribution < -0.4 is 15.0 Å². The highest BCUT2D eigenvalue weighted by Crippen LogP contribution is 2.27. The van der Waals surface area contributed by atoms with Gasteiger partial charge in [-0.2, -0.15) is 0 Å². The predicted molar refractivity (Wildman–Crippen MR) is 101 cm³/mol. The smallest absolute Gasteiger partial charge is 0.254 e. The van der Waals surface area contributed by atoms with E-state index in [0.29, 0.717) is 12.1 Å². The van der Waals surface area contributed by atoms with Gasteiger partial charge in [-0.05, 0) is 17.2 Å². The molecular weight excluding hydrogens is 342 g/mol. The lowest BCUT2D eigenvalue weighted by Gasteiger charge is -2.35. The molecule has 0 spiro atoms. The molecule has 1 aromatic heterocycles. The van der Waals surface area contributed by atoms with Gasteiger partial charge in [0.15, 0.2) is 0 Å². The minimum atomic E-state index is -0.0639. The number of benzene rings is 1. The topological polar surface area (TPSA) is 70.6 Å². The van der Waals surface area contributed by atoms with Crippen LogP contribution in [0.1, 0.15) is 27.2 Å². The number of carbonyl (C=O) groups excluding carboxylic acids is 1. The maximum Gasteiger partial charge on any atom is 0.254 e. The predicted octanol–water partition coefficient (Wildman–Crippen LogP) is 1.02. The number of nitrogens with zero attached hydrogens (tertiary/aromatic N) is 4. The monoisotopic (exact) mass is 365 g/mol. The van der Waals surface area contributed by atoms with Gasteiger partial charge < -0.3 is 15.0 Å². The molecule has 1 N–H and O–H groups in total. The summed E-state index contributed by atoms with van der Waals surface area (Å²) in [6.07, 6.45) is 3.47. The number of rotatable bonds is 3. The molecule has 1 fully saturated rings. The summed E-state index contributed by atoms with van der Waals surface area (Å²) in [5, 5.41) is 2.83. The van der Waals surface area contributed by atoms with Gasteiger partial charge in [0, 0.05) is 58.3 Å². The van der Waals surface area contributed by atoms with Crippen LogP contribution in [0.15, 0.2) is 24.4 Å². The lowest BCUT2D eigenvalue weighted by molar-refractivity contribution is 0.0944. The first-order valence-corrected chi connectivity index (χ1v) is 9.62. The first-order valence-electron chi connectivity index (χ1n) is 9.62. The van der Waals surface area contributed by atoms with Crippen LogP contribution >= 0.6 is 0 Å². The van der Waals surface area contributed by atoms with Gasteiger partial charge in [-0.3, -0.25) is 9.69 Å². The highest BCUT2D eigenvalue weighted by atomic mass is 16.5. The van der Waals surface area contributed by atoms with E-state index in [4.69, 9.17) is 4.74 Å². The largest absolute Gasteiger partial charge is 0.493 e. The Kier molecular flexibility index (Phi) is 4.16. The van der Waals surface area contributed by atoms with E-state index in [0.717, 1.165) is 69.6 Å². The van der Waals surface area contributed by atoms with Gasteiger partial charge >= 0.3 is 0 Å². The number of nitrogens with one attached hydrogen (secondary N) is 1. The van der Waals surface area contributed by atoms with Crippen molar-refractivity contribution in [2.24, 2.45) is 0 Å². The molecule has 4 heterocycles. The van der Waals surface area contributed by atoms with Crippen LogP contribution in [-0.2, 0) is 19.4 Å². The number of carbonyl (C=O) groups is 1. The molecule has 0 bridgehead atoms. The number of hydrogen-bond acceptors (Lipinski definition) is 6. The van der Waals surface area contributed by atoms with E-state index in [2.05, 4.69) is 43.3 Å². The Balaban J connectivity index is 1.22. The quantitative estimate of drug-likeness (QED) is 0.876. The van der Waals surface area contributed by atoms with Crippen LogP contribution in [0.2, 0.25) is 0 Å². The summed E-state index contributed by atoms with van der Waals surface area (Å²) < 4.78 is 5.68. The Morgan fingerprint density at radius 2 is 2.04 bits per heavy atom. The second-order valence-electron chi connectivity index (χ2n) is 7.34.